The summed E-state index contributed by atoms with van der Waals surface area (Å²) in [6.07, 6.45) is 1.20. The van der Waals surface area contributed by atoms with Crippen LogP contribution < -0.4 is 5.73 Å². The van der Waals surface area contributed by atoms with Gasteiger partial charge in [0.2, 0.25) is 0 Å². The van der Waals surface area contributed by atoms with E-state index >= 15 is 0 Å². The zero-order valence-corrected chi connectivity index (χ0v) is 7.38. The minimum atomic E-state index is 0.648. The second-order valence-corrected chi connectivity index (χ2v) is 3.34. The molecule has 0 aliphatic carbocycles. The standard InChI is InChI=1S/C8H17N3/c1-7(9)11-5-4-8(6-11)10(2)3/h8H,1,4-6,9H2,2-3H3. The molecule has 1 rings (SSSR count). The summed E-state index contributed by atoms with van der Waals surface area (Å²) in [6, 6.07) is 0.648. The van der Waals surface area contributed by atoms with Gasteiger partial charge in [-0.25, -0.2) is 0 Å². The Morgan fingerprint density at radius 1 is 1.64 bits per heavy atom. The minimum Gasteiger partial charge on any atom is -0.386 e. The van der Waals surface area contributed by atoms with Crippen molar-refractivity contribution >= 4 is 0 Å². The smallest absolute Gasteiger partial charge is 0.0912 e. The van der Waals surface area contributed by atoms with Crippen molar-refractivity contribution in [3.05, 3.63) is 12.4 Å². The van der Waals surface area contributed by atoms with E-state index in [2.05, 4.69) is 30.5 Å². The van der Waals surface area contributed by atoms with Gasteiger partial charge >= 0.3 is 0 Å². The van der Waals surface area contributed by atoms with Gasteiger partial charge in [-0.15, -0.1) is 0 Å². The predicted molar refractivity (Wildman–Crippen MR) is 47.0 cm³/mol. The summed E-state index contributed by atoms with van der Waals surface area (Å²) in [5.41, 5.74) is 5.57. The van der Waals surface area contributed by atoms with E-state index in [1.54, 1.807) is 0 Å². The largest absolute Gasteiger partial charge is 0.386 e. The molecule has 1 unspecified atom stereocenters. The number of hydrogen-bond acceptors (Lipinski definition) is 3. The number of likely N-dealkylation sites (N-methyl/N-ethyl adjacent to an activating group) is 1. The molecule has 0 aromatic carbocycles. The maximum absolute atomic E-state index is 5.57. The molecule has 1 aliphatic rings. The first-order valence-electron chi connectivity index (χ1n) is 3.97. The van der Waals surface area contributed by atoms with Gasteiger partial charge in [-0.05, 0) is 20.5 Å². The van der Waals surface area contributed by atoms with Crippen molar-refractivity contribution < 1.29 is 0 Å². The molecule has 0 radical (unpaired) electrons. The SMILES string of the molecule is C=C(N)N1CCC(N(C)C)C1. The highest BCUT2D eigenvalue weighted by Gasteiger charge is 2.23. The van der Waals surface area contributed by atoms with Crippen LogP contribution in [0.1, 0.15) is 6.42 Å². The Morgan fingerprint density at radius 2 is 2.27 bits per heavy atom. The Bertz CT molecular complexity index is 153. The number of nitrogens with zero attached hydrogens (tertiary/aromatic N) is 2. The summed E-state index contributed by atoms with van der Waals surface area (Å²) >= 11 is 0. The molecule has 0 spiro atoms. The van der Waals surface area contributed by atoms with Crippen molar-refractivity contribution in [2.75, 3.05) is 27.2 Å². The molecule has 0 bridgehead atoms. The van der Waals surface area contributed by atoms with Gasteiger partial charge in [0.25, 0.3) is 0 Å². The third-order valence-electron chi connectivity index (χ3n) is 2.30. The van der Waals surface area contributed by atoms with E-state index < -0.39 is 0 Å². The quantitative estimate of drug-likeness (QED) is 0.611. The summed E-state index contributed by atoms with van der Waals surface area (Å²) < 4.78 is 0. The zero-order valence-electron chi connectivity index (χ0n) is 7.38. The van der Waals surface area contributed by atoms with Gasteiger partial charge < -0.3 is 15.5 Å². The van der Waals surface area contributed by atoms with Crippen molar-refractivity contribution in [3.8, 4) is 0 Å². The van der Waals surface area contributed by atoms with Crippen LogP contribution in [0.2, 0.25) is 0 Å². The second-order valence-electron chi connectivity index (χ2n) is 3.34. The second kappa shape index (κ2) is 3.13. The van der Waals surface area contributed by atoms with E-state index in [4.69, 9.17) is 5.73 Å². The van der Waals surface area contributed by atoms with Crippen LogP contribution in [0.5, 0.6) is 0 Å². The van der Waals surface area contributed by atoms with Crippen molar-refractivity contribution in [1.82, 2.24) is 9.80 Å². The highest BCUT2D eigenvalue weighted by Crippen LogP contribution is 2.14. The summed E-state index contributed by atoms with van der Waals surface area (Å²) in [6.45, 7) is 5.80. The number of rotatable bonds is 2. The van der Waals surface area contributed by atoms with Crippen LogP contribution in [0.4, 0.5) is 0 Å². The minimum absolute atomic E-state index is 0.648. The van der Waals surface area contributed by atoms with Gasteiger partial charge in [-0.2, -0.15) is 0 Å². The van der Waals surface area contributed by atoms with Crippen molar-refractivity contribution in [2.24, 2.45) is 5.73 Å². The van der Waals surface area contributed by atoms with Crippen molar-refractivity contribution in [3.63, 3.8) is 0 Å². The predicted octanol–water partition coefficient (Wildman–Crippen LogP) is 0.0522. The molecule has 1 atom stereocenters. The van der Waals surface area contributed by atoms with Gasteiger partial charge in [0, 0.05) is 19.1 Å². The van der Waals surface area contributed by atoms with Crippen LogP contribution in [0.3, 0.4) is 0 Å². The monoisotopic (exact) mass is 155 g/mol. The third kappa shape index (κ3) is 1.87. The number of likely N-dealkylation sites (tertiary alicyclic amines) is 1. The van der Waals surface area contributed by atoms with Crippen LogP contribution in [0.15, 0.2) is 12.4 Å². The average Bonchev–Trinajstić information content (AvgIpc) is 2.33. The van der Waals surface area contributed by atoms with Crippen LogP contribution in [0.25, 0.3) is 0 Å². The lowest BCUT2D eigenvalue weighted by Gasteiger charge is -2.20. The van der Waals surface area contributed by atoms with Crippen molar-refractivity contribution in [1.29, 1.82) is 0 Å². The lowest BCUT2D eigenvalue weighted by atomic mass is 10.2. The van der Waals surface area contributed by atoms with E-state index in [1.165, 1.54) is 6.42 Å². The average molecular weight is 155 g/mol. The topological polar surface area (TPSA) is 32.5 Å². The third-order valence-corrected chi connectivity index (χ3v) is 2.30. The first-order valence-corrected chi connectivity index (χ1v) is 3.97. The summed E-state index contributed by atoms with van der Waals surface area (Å²) in [5, 5.41) is 0. The molecule has 3 nitrogen and oxygen atoms in total. The summed E-state index contributed by atoms with van der Waals surface area (Å²) in [4.78, 5) is 4.37. The molecule has 1 fully saturated rings. The van der Waals surface area contributed by atoms with Gasteiger partial charge in [0.05, 0.1) is 5.82 Å². The maximum atomic E-state index is 5.57. The van der Waals surface area contributed by atoms with E-state index in [1.807, 2.05) is 0 Å². The van der Waals surface area contributed by atoms with E-state index in [9.17, 15) is 0 Å². The van der Waals surface area contributed by atoms with Crippen LogP contribution >= 0.6 is 0 Å². The van der Waals surface area contributed by atoms with Crippen molar-refractivity contribution in [2.45, 2.75) is 12.5 Å². The van der Waals surface area contributed by atoms with Crippen LogP contribution in [-0.4, -0.2) is 43.0 Å². The first kappa shape index (κ1) is 8.40. The Hall–Kier alpha value is -0.700. The molecular weight excluding hydrogens is 138 g/mol. The van der Waals surface area contributed by atoms with E-state index in [-0.39, 0.29) is 0 Å². The lowest BCUT2D eigenvalue weighted by Crippen LogP contribution is -2.32. The number of nitrogens with two attached hydrogens (primary N) is 1. The van der Waals surface area contributed by atoms with Gasteiger partial charge in [0.15, 0.2) is 0 Å². The van der Waals surface area contributed by atoms with Gasteiger partial charge in [-0.1, -0.05) is 6.58 Å². The molecule has 0 amide bonds. The Labute approximate surface area is 68.5 Å². The fourth-order valence-corrected chi connectivity index (χ4v) is 1.42. The Kier molecular flexibility index (Phi) is 2.39. The van der Waals surface area contributed by atoms with Gasteiger partial charge in [0.1, 0.15) is 0 Å². The maximum Gasteiger partial charge on any atom is 0.0912 e. The van der Waals surface area contributed by atoms with Crippen LogP contribution in [0, 0.1) is 0 Å². The lowest BCUT2D eigenvalue weighted by molar-refractivity contribution is 0.290. The Morgan fingerprint density at radius 3 is 2.55 bits per heavy atom. The molecule has 64 valence electrons. The molecule has 1 aliphatic heterocycles. The fraction of sp³-hybridized carbons (Fsp3) is 0.750. The molecule has 11 heavy (non-hydrogen) atoms. The summed E-state index contributed by atoms with van der Waals surface area (Å²) in [5.74, 6) is 0.703. The molecule has 1 saturated heterocycles. The molecule has 0 aromatic rings. The zero-order chi connectivity index (χ0) is 8.43. The van der Waals surface area contributed by atoms with E-state index in [0.29, 0.717) is 11.9 Å². The van der Waals surface area contributed by atoms with E-state index in [0.717, 1.165) is 13.1 Å². The molecular formula is C8H17N3. The highest BCUT2D eigenvalue weighted by atomic mass is 15.3. The Balaban J connectivity index is 2.41. The van der Waals surface area contributed by atoms with Crippen LogP contribution in [-0.2, 0) is 0 Å². The molecule has 0 saturated carbocycles. The normalized spacial score (nSPS) is 24.6. The summed E-state index contributed by atoms with van der Waals surface area (Å²) in [7, 11) is 4.21. The molecule has 2 N–H and O–H groups in total. The molecule has 1 heterocycles. The molecule has 3 heteroatoms. The number of hydrogen-bond donors (Lipinski definition) is 1. The fourth-order valence-electron chi connectivity index (χ4n) is 1.42. The molecule has 0 aromatic heterocycles. The first-order chi connectivity index (χ1) is 5.11. The van der Waals surface area contributed by atoms with Gasteiger partial charge in [-0.3, -0.25) is 0 Å². The highest BCUT2D eigenvalue weighted by molar-refractivity contribution is 4.94.